The van der Waals surface area contributed by atoms with Crippen molar-refractivity contribution in [2.45, 2.75) is 11.8 Å². The molecule has 2 rings (SSSR count). The summed E-state index contributed by atoms with van der Waals surface area (Å²) in [6.45, 7) is 2.49. The van der Waals surface area contributed by atoms with E-state index in [9.17, 15) is 8.42 Å². The monoisotopic (exact) mass is 279 g/mol. The quantitative estimate of drug-likeness (QED) is 0.850. The van der Waals surface area contributed by atoms with Crippen LogP contribution < -0.4 is 10.0 Å². The number of aromatic nitrogens is 3. The van der Waals surface area contributed by atoms with Crippen molar-refractivity contribution in [2.24, 2.45) is 0 Å². The van der Waals surface area contributed by atoms with Crippen molar-refractivity contribution in [1.29, 1.82) is 0 Å². The van der Waals surface area contributed by atoms with Crippen LogP contribution in [0.25, 0.3) is 0 Å². The molecule has 0 fully saturated rings. The lowest BCUT2D eigenvalue weighted by Crippen LogP contribution is -2.17. The SMILES string of the molecule is CCNc1ccncc1S(=O)(=O)Nc1ncccn1. The van der Waals surface area contributed by atoms with E-state index in [1.54, 1.807) is 12.1 Å². The van der Waals surface area contributed by atoms with Crippen LogP contribution in [0.4, 0.5) is 11.6 Å². The van der Waals surface area contributed by atoms with Gasteiger partial charge in [0.2, 0.25) is 5.95 Å². The van der Waals surface area contributed by atoms with Crippen LogP contribution in [-0.2, 0) is 10.0 Å². The molecule has 0 bridgehead atoms. The highest BCUT2D eigenvalue weighted by atomic mass is 32.2. The Bertz CT molecular complexity index is 645. The molecule has 0 radical (unpaired) electrons. The van der Waals surface area contributed by atoms with Gasteiger partial charge in [-0.3, -0.25) is 4.98 Å². The van der Waals surface area contributed by atoms with E-state index >= 15 is 0 Å². The molecule has 0 saturated heterocycles. The van der Waals surface area contributed by atoms with Crippen LogP contribution in [0, 0.1) is 0 Å². The Labute approximate surface area is 111 Å². The van der Waals surface area contributed by atoms with E-state index in [4.69, 9.17) is 0 Å². The summed E-state index contributed by atoms with van der Waals surface area (Å²) in [5, 5.41) is 2.97. The summed E-state index contributed by atoms with van der Waals surface area (Å²) >= 11 is 0. The Kier molecular flexibility index (Phi) is 3.91. The topological polar surface area (TPSA) is 96.9 Å². The number of nitrogens with one attached hydrogen (secondary N) is 2. The van der Waals surface area contributed by atoms with Crippen LogP contribution in [0.15, 0.2) is 41.8 Å². The number of rotatable bonds is 5. The van der Waals surface area contributed by atoms with Crippen LogP contribution in [0.2, 0.25) is 0 Å². The molecule has 0 aliphatic carbocycles. The Morgan fingerprint density at radius 2 is 1.95 bits per heavy atom. The van der Waals surface area contributed by atoms with Gasteiger partial charge in [-0.05, 0) is 19.1 Å². The summed E-state index contributed by atoms with van der Waals surface area (Å²) in [5.41, 5.74) is 0.487. The Morgan fingerprint density at radius 3 is 2.63 bits per heavy atom. The van der Waals surface area contributed by atoms with Crippen LogP contribution in [0.3, 0.4) is 0 Å². The second kappa shape index (κ2) is 5.61. The molecule has 0 atom stereocenters. The van der Waals surface area contributed by atoms with Crippen molar-refractivity contribution >= 4 is 21.7 Å². The molecular weight excluding hydrogens is 266 g/mol. The van der Waals surface area contributed by atoms with Crippen molar-refractivity contribution in [1.82, 2.24) is 15.0 Å². The summed E-state index contributed by atoms with van der Waals surface area (Å²) in [6, 6.07) is 3.20. The molecule has 7 nitrogen and oxygen atoms in total. The van der Waals surface area contributed by atoms with Crippen molar-refractivity contribution < 1.29 is 8.42 Å². The van der Waals surface area contributed by atoms with Gasteiger partial charge in [0.1, 0.15) is 4.90 Å². The van der Waals surface area contributed by atoms with Gasteiger partial charge in [-0.25, -0.2) is 23.1 Å². The maximum atomic E-state index is 12.2. The first kappa shape index (κ1) is 13.2. The number of pyridine rings is 1. The largest absolute Gasteiger partial charge is 0.384 e. The summed E-state index contributed by atoms with van der Waals surface area (Å²) in [6.07, 6.45) is 5.72. The number of anilines is 2. The van der Waals surface area contributed by atoms with Gasteiger partial charge in [-0.2, -0.15) is 0 Å². The summed E-state index contributed by atoms with van der Waals surface area (Å²) in [5.74, 6) is 0.0220. The number of hydrogen-bond acceptors (Lipinski definition) is 6. The lowest BCUT2D eigenvalue weighted by molar-refractivity contribution is 0.600. The predicted molar refractivity (Wildman–Crippen MR) is 71.2 cm³/mol. The molecule has 100 valence electrons. The van der Waals surface area contributed by atoms with Gasteiger partial charge in [0.05, 0.1) is 5.69 Å². The molecule has 0 spiro atoms. The van der Waals surface area contributed by atoms with E-state index in [2.05, 4.69) is 25.0 Å². The molecule has 2 aromatic rings. The Balaban J connectivity index is 2.35. The van der Waals surface area contributed by atoms with Gasteiger partial charge in [-0.1, -0.05) is 0 Å². The van der Waals surface area contributed by atoms with E-state index < -0.39 is 10.0 Å². The Morgan fingerprint density at radius 1 is 1.21 bits per heavy atom. The molecule has 0 unspecified atom stereocenters. The van der Waals surface area contributed by atoms with Gasteiger partial charge in [-0.15, -0.1) is 0 Å². The van der Waals surface area contributed by atoms with E-state index in [1.165, 1.54) is 24.8 Å². The molecule has 2 N–H and O–H groups in total. The molecule has 2 heterocycles. The third-order valence-corrected chi connectivity index (χ3v) is 3.59. The fourth-order valence-corrected chi connectivity index (χ4v) is 2.54. The number of sulfonamides is 1. The van der Waals surface area contributed by atoms with E-state index in [-0.39, 0.29) is 10.8 Å². The highest BCUT2D eigenvalue weighted by molar-refractivity contribution is 7.92. The first-order valence-corrected chi connectivity index (χ1v) is 7.09. The minimum atomic E-state index is -3.77. The number of nitrogens with zero attached hydrogens (tertiary/aromatic N) is 3. The smallest absolute Gasteiger partial charge is 0.267 e. The second-order valence-electron chi connectivity index (χ2n) is 3.58. The van der Waals surface area contributed by atoms with Crippen LogP contribution in [0.5, 0.6) is 0 Å². The molecule has 2 aromatic heterocycles. The van der Waals surface area contributed by atoms with Gasteiger partial charge in [0.25, 0.3) is 10.0 Å². The van der Waals surface area contributed by atoms with Gasteiger partial charge in [0, 0.05) is 31.3 Å². The van der Waals surface area contributed by atoms with Crippen molar-refractivity contribution in [3.63, 3.8) is 0 Å². The third kappa shape index (κ3) is 3.16. The zero-order valence-corrected chi connectivity index (χ0v) is 11.1. The van der Waals surface area contributed by atoms with Gasteiger partial charge in [0.15, 0.2) is 0 Å². The second-order valence-corrected chi connectivity index (χ2v) is 5.23. The lowest BCUT2D eigenvalue weighted by Gasteiger charge is -2.11. The highest BCUT2D eigenvalue weighted by Gasteiger charge is 2.19. The highest BCUT2D eigenvalue weighted by Crippen LogP contribution is 2.20. The van der Waals surface area contributed by atoms with E-state index in [0.717, 1.165) is 0 Å². The minimum absolute atomic E-state index is 0.0220. The maximum absolute atomic E-state index is 12.2. The average Bonchev–Trinajstić information content (AvgIpc) is 2.40. The van der Waals surface area contributed by atoms with E-state index in [0.29, 0.717) is 12.2 Å². The summed E-state index contributed by atoms with van der Waals surface area (Å²) in [4.78, 5) is 11.5. The van der Waals surface area contributed by atoms with Gasteiger partial charge >= 0.3 is 0 Å². The van der Waals surface area contributed by atoms with Crippen molar-refractivity contribution in [3.05, 3.63) is 36.9 Å². The average molecular weight is 279 g/mol. The fourth-order valence-electron chi connectivity index (χ4n) is 1.46. The molecule has 0 aliphatic heterocycles. The normalized spacial score (nSPS) is 11.0. The zero-order chi connectivity index (χ0) is 13.7. The molecule has 0 aromatic carbocycles. The standard InChI is InChI=1S/C11H13N5O2S/c1-2-13-9-4-7-12-8-10(9)19(17,18)16-11-14-5-3-6-15-11/h3-8H,2H2,1H3,(H,12,13)(H,14,15,16). The minimum Gasteiger partial charge on any atom is -0.384 e. The van der Waals surface area contributed by atoms with Crippen molar-refractivity contribution in [2.75, 3.05) is 16.6 Å². The Hall–Kier alpha value is -2.22. The summed E-state index contributed by atoms with van der Waals surface area (Å²) in [7, 11) is -3.77. The fraction of sp³-hybridized carbons (Fsp3) is 0.182. The van der Waals surface area contributed by atoms with E-state index in [1.807, 2.05) is 6.92 Å². The molecule has 19 heavy (non-hydrogen) atoms. The molecule has 8 heteroatoms. The first-order chi connectivity index (χ1) is 9.13. The van der Waals surface area contributed by atoms with Crippen LogP contribution >= 0.6 is 0 Å². The predicted octanol–water partition coefficient (Wildman–Crippen LogP) is 1.10. The number of hydrogen-bond donors (Lipinski definition) is 2. The van der Waals surface area contributed by atoms with Crippen molar-refractivity contribution in [3.8, 4) is 0 Å². The van der Waals surface area contributed by atoms with Crippen LogP contribution in [0.1, 0.15) is 6.92 Å². The lowest BCUT2D eigenvalue weighted by atomic mass is 10.4. The molecule has 0 aliphatic rings. The summed E-state index contributed by atoms with van der Waals surface area (Å²) < 4.78 is 26.8. The molecule has 0 amide bonds. The molecule has 0 saturated carbocycles. The zero-order valence-electron chi connectivity index (χ0n) is 10.2. The van der Waals surface area contributed by atoms with Gasteiger partial charge < -0.3 is 5.32 Å². The third-order valence-electron chi connectivity index (χ3n) is 2.23. The van der Waals surface area contributed by atoms with Crippen LogP contribution in [-0.4, -0.2) is 29.9 Å². The molecular formula is C11H13N5O2S. The maximum Gasteiger partial charge on any atom is 0.267 e. The first-order valence-electron chi connectivity index (χ1n) is 5.61.